The van der Waals surface area contributed by atoms with Gasteiger partial charge in [-0.1, -0.05) is 38.0 Å². The van der Waals surface area contributed by atoms with Crippen molar-refractivity contribution in [1.82, 2.24) is 9.99 Å². The average molecular weight is 289 g/mol. The molecule has 2 rings (SSSR count). The van der Waals surface area contributed by atoms with E-state index in [0.29, 0.717) is 13.0 Å². The SMILES string of the molecule is CCCCCN(N)C(Cc1c[nH]c2ccccc12)C(=O)O. The summed E-state index contributed by atoms with van der Waals surface area (Å²) in [4.78, 5) is 14.7. The number of carbonyl (C=O) groups is 1. The summed E-state index contributed by atoms with van der Waals surface area (Å²) in [7, 11) is 0. The van der Waals surface area contributed by atoms with Crippen LogP contribution in [0.25, 0.3) is 10.9 Å². The molecule has 0 saturated carbocycles. The van der Waals surface area contributed by atoms with Crippen molar-refractivity contribution >= 4 is 16.9 Å². The van der Waals surface area contributed by atoms with Gasteiger partial charge >= 0.3 is 5.97 Å². The van der Waals surface area contributed by atoms with Gasteiger partial charge in [0, 0.05) is 30.1 Å². The Hall–Kier alpha value is -1.85. The van der Waals surface area contributed by atoms with Crippen LogP contribution in [-0.4, -0.2) is 33.7 Å². The van der Waals surface area contributed by atoms with Gasteiger partial charge in [-0.2, -0.15) is 0 Å². The molecule has 0 bridgehead atoms. The number of aromatic nitrogens is 1. The largest absolute Gasteiger partial charge is 0.480 e. The Morgan fingerprint density at radius 2 is 2.14 bits per heavy atom. The highest BCUT2D eigenvalue weighted by Gasteiger charge is 2.24. The molecule has 0 fully saturated rings. The van der Waals surface area contributed by atoms with E-state index in [1.807, 2.05) is 30.5 Å². The van der Waals surface area contributed by atoms with Crippen molar-refractivity contribution in [2.75, 3.05) is 6.54 Å². The molecule has 0 amide bonds. The van der Waals surface area contributed by atoms with Crippen molar-refractivity contribution in [2.45, 2.75) is 38.6 Å². The van der Waals surface area contributed by atoms with Gasteiger partial charge in [0.1, 0.15) is 6.04 Å². The number of fused-ring (bicyclic) bond motifs is 1. The highest BCUT2D eigenvalue weighted by molar-refractivity contribution is 5.84. The Bertz CT molecular complexity index is 594. The number of benzene rings is 1. The molecule has 5 nitrogen and oxygen atoms in total. The van der Waals surface area contributed by atoms with Crippen molar-refractivity contribution in [3.05, 3.63) is 36.0 Å². The molecule has 4 N–H and O–H groups in total. The Kier molecular flexibility index (Phi) is 5.36. The third kappa shape index (κ3) is 3.83. The van der Waals surface area contributed by atoms with Gasteiger partial charge in [-0.3, -0.25) is 10.6 Å². The van der Waals surface area contributed by atoms with Crippen LogP contribution in [0.4, 0.5) is 0 Å². The minimum atomic E-state index is -0.876. The van der Waals surface area contributed by atoms with Crippen LogP contribution in [0.3, 0.4) is 0 Å². The highest BCUT2D eigenvalue weighted by atomic mass is 16.4. The maximum Gasteiger partial charge on any atom is 0.322 e. The van der Waals surface area contributed by atoms with Gasteiger partial charge in [0.15, 0.2) is 0 Å². The summed E-state index contributed by atoms with van der Waals surface area (Å²) in [5, 5.41) is 12.0. The first-order valence-electron chi connectivity index (χ1n) is 7.42. The van der Waals surface area contributed by atoms with Gasteiger partial charge in [0.25, 0.3) is 0 Å². The third-order valence-electron chi connectivity index (χ3n) is 3.79. The quantitative estimate of drug-likeness (QED) is 0.396. The molecule has 0 spiro atoms. The smallest absolute Gasteiger partial charge is 0.322 e. The van der Waals surface area contributed by atoms with E-state index in [1.165, 1.54) is 5.01 Å². The predicted octanol–water partition coefficient (Wildman–Crippen LogP) is 2.53. The minimum Gasteiger partial charge on any atom is -0.480 e. The van der Waals surface area contributed by atoms with Crippen LogP contribution in [0, 0.1) is 0 Å². The van der Waals surface area contributed by atoms with Crippen LogP contribution < -0.4 is 5.84 Å². The zero-order valence-electron chi connectivity index (χ0n) is 12.4. The second-order valence-electron chi connectivity index (χ2n) is 5.36. The summed E-state index contributed by atoms with van der Waals surface area (Å²) >= 11 is 0. The van der Waals surface area contributed by atoms with Crippen molar-refractivity contribution in [2.24, 2.45) is 5.84 Å². The molecule has 114 valence electrons. The normalized spacial score (nSPS) is 12.9. The van der Waals surface area contributed by atoms with Crippen molar-refractivity contribution < 1.29 is 9.90 Å². The molecule has 0 aliphatic heterocycles. The number of carboxylic acids is 1. The Morgan fingerprint density at radius 3 is 2.86 bits per heavy atom. The summed E-state index contributed by atoms with van der Waals surface area (Å²) in [6, 6.07) is 7.20. The molecule has 2 aromatic rings. The number of aliphatic carboxylic acids is 1. The second-order valence-corrected chi connectivity index (χ2v) is 5.36. The fraction of sp³-hybridized carbons (Fsp3) is 0.438. The zero-order chi connectivity index (χ0) is 15.2. The van der Waals surface area contributed by atoms with E-state index < -0.39 is 12.0 Å². The number of para-hydroxylation sites is 1. The molecular formula is C16H23N3O2. The number of unbranched alkanes of at least 4 members (excludes halogenated alkanes) is 2. The predicted molar refractivity (Wildman–Crippen MR) is 83.8 cm³/mol. The number of carboxylic acid groups (broad SMARTS) is 1. The van der Waals surface area contributed by atoms with Crippen molar-refractivity contribution in [1.29, 1.82) is 0 Å². The van der Waals surface area contributed by atoms with Gasteiger partial charge in [-0.05, 0) is 18.1 Å². The number of aromatic amines is 1. The molecule has 1 aromatic heterocycles. The van der Waals surface area contributed by atoms with E-state index in [0.717, 1.165) is 35.7 Å². The van der Waals surface area contributed by atoms with E-state index >= 15 is 0 Å². The standard InChI is InChI=1S/C16H23N3O2/c1-2-3-6-9-19(17)15(16(20)21)10-12-11-18-14-8-5-4-7-13(12)14/h4-5,7-8,11,15,18H,2-3,6,9-10,17H2,1H3,(H,20,21). The van der Waals surface area contributed by atoms with Crippen LogP contribution in [0.5, 0.6) is 0 Å². The molecule has 1 heterocycles. The van der Waals surface area contributed by atoms with E-state index in [-0.39, 0.29) is 0 Å². The maximum atomic E-state index is 11.5. The van der Waals surface area contributed by atoms with E-state index in [4.69, 9.17) is 5.84 Å². The fourth-order valence-electron chi connectivity index (χ4n) is 2.56. The number of hydrogen-bond donors (Lipinski definition) is 3. The first kappa shape index (κ1) is 15.5. The maximum absolute atomic E-state index is 11.5. The first-order valence-corrected chi connectivity index (χ1v) is 7.42. The molecule has 5 heteroatoms. The van der Waals surface area contributed by atoms with E-state index in [9.17, 15) is 9.90 Å². The van der Waals surface area contributed by atoms with Gasteiger partial charge in [-0.25, -0.2) is 5.01 Å². The lowest BCUT2D eigenvalue weighted by Gasteiger charge is -2.23. The fourth-order valence-corrected chi connectivity index (χ4v) is 2.56. The van der Waals surface area contributed by atoms with Crippen LogP contribution >= 0.6 is 0 Å². The van der Waals surface area contributed by atoms with E-state index in [2.05, 4.69) is 11.9 Å². The monoisotopic (exact) mass is 289 g/mol. The first-order chi connectivity index (χ1) is 10.1. The number of rotatable bonds is 8. The average Bonchev–Trinajstić information content (AvgIpc) is 2.87. The molecule has 1 aromatic carbocycles. The summed E-state index contributed by atoms with van der Waals surface area (Å²) in [6.07, 6.45) is 5.36. The summed E-state index contributed by atoms with van der Waals surface area (Å²) in [6.45, 7) is 2.72. The highest BCUT2D eigenvalue weighted by Crippen LogP contribution is 2.20. The number of nitrogens with zero attached hydrogens (tertiary/aromatic N) is 1. The number of nitrogens with one attached hydrogen (secondary N) is 1. The van der Waals surface area contributed by atoms with Crippen LogP contribution in [0.2, 0.25) is 0 Å². The lowest BCUT2D eigenvalue weighted by Crippen LogP contribution is -2.47. The third-order valence-corrected chi connectivity index (χ3v) is 3.79. The van der Waals surface area contributed by atoms with Gasteiger partial charge in [0.2, 0.25) is 0 Å². The molecular weight excluding hydrogens is 266 g/mol. The Labute approximate surface area is 124 Å². The number of hydrogen-bond acceptors (Lipinski definition) is 3. The topological polar surface area (TPSA) is 82.3 Å². The zero-order valence-corrected chi connectivity index (χ0v) is 12.4. The van der Waals surface area contributed by atoms with Crippen LogP contribution in [0.15, 0.2) is 30.5 Å². The molecule has 21 heavy (non-hydrogen) atoms. The molecule has 1 unspecified atom stereocenters. The van der Waals surface area contributed by atoms with Gasteiger partial charge in [-0.15, -0.1) is 0 Å². The van der Waals surface area contributed by atoms with Gasteiger partial charge in [0.05, 0.1) is 0 Å². The lowest BCUT2D eigenvalue weighted by atomic mass is 10.0. The number of nitrogens with two attached hydrogens (primary N) is 1. The van der Waals surface area contributed by atoms with E-state index in [1.54, 1.807) is 0 Å². The molecule has 0 aliphatic rings. The van der Waals surface area contributed by atoms with Crippen molar-refractivity contribution in [3.63, 3.8) is 0 Å². The number of hydrazine groups is 1. The molecule has 0 radical (unpaired) electrons. The summed E-state index contributed by atoms with van der Waals surface area (Å²) < 4.78 is 0. The molecule has 0 saturated heterocycles. The summed E-state index contributed by atoms with van der Waals surface area (Å²) in [5.41, 5.74) is 2.01. The summed E-state index contributed by atoms with van der Waals surface area (Å²) in [5.74, 6) is 5.09. The lowest BCUT2D eigenvalue weighted by molar-refractivity contribution is -0.143. The van der Waals surface area contributed by atoms with Crippen molar-refractivity contribution in [3.8, 4) is 0 Å². The van der Waals surface area contributed by atoms with Crippen LogP contribution in [-0.2, 0) is 11.2 Å². The molecule has 0 aliphatic carbocycles. The Morgan fingerprint density at radius 1 is 1.38 bits per heavy atom. The van der Waals surface area contributed by atoms with Gasteiger partial charge < -0.3 is 10.1 Å². The second kappa shape index (κ2) is 7.24. The Balaban J connectivity index is 2.10. The molecule has 1 atom stereocenters. The minimum absolute atomic E-state index is 0.405. The number of H-pyrrole nitrogens is 1. The van der Waals surface area contributed by atoms with Crippen LogP contribution in [0.1, 0.15) is 31.7 Å².